The summed E-state index contributed by atoms with van der Waals surface area (Å²) in [5.41, 5.74) is 1.44. The Hall–Kier alpha value is -2.23. The Kier molecular flexibility index (Phi) is 4.51. The predicted molar refractivity (Wildman–Crippen MR) is 106 cm³/mol. The number of nitrogens with zero attached hydrogens (tertiary/aromatic N) is 1. The Balaban J connectivity index is 1.51. The van der Waals surface area contributed by atoms with Crippen LogP contribution in [0.1, 0.15) is 17.4 Å². The first-order valence-corrected chi connectivity index (χ1v) is 10.2. The van der Waals surface area contributed by atoms with E-state index >= 15 is 0 Å². The van der Waals surface area contributed by atoms with Gasteiger partial charge in [-0.25, -0.2) is 4.98 Å². The summed E-state index contributed by atoms with van der Waals surface area (Å²) in [6.45, 7) is 1.68. The van der Waals surface area contributed by atoms with Crippen molar-refractivity contribution in [2.45, 2.75) is 13.0 Å². The average molecular weight is 450 g/mol. The van der Waals surface area contributed by atoms with Crippen LogP contribution in [-0.2, 0) is 4.79 Å². The molecular formula is C17H12BrN3O3S2. The number of thiophene rings is 1. The van der Waals surface area contributed by atoms with Gasteiger partial charge in [-0.1, -0.05) is 0 Å². The first-order valence-electron chi connectivity index (χ1n) is 7.62. The van der Waals surface area contributed by atoms with Gasteiger partial charge in [0.15, 0.2) is 6.10 Å². The topological polar surface area (TPSA) is 80.3 Å². The molecule has 0 spiro atoms. The summed E-state index contributed by atoms with van der Waals surface area (Å²) in [4.78, 5) is 29.6. The molecule has 9 heteroatoms. The van der Waals surface area contributed by atoms with Crippen molar-refractivity contribution in [1.82, 2.24) is 4.98 Å². The monoisotopic (exact) mass is 449 g/mol. The normalized spacial score (nSPS) is 15.8. The van der Waals surface area contributed by atoms with Gasteiger partial charge in [0.2, 0.25) is 0 Å². The Labute approximate surface area is 165 Å². The molecule has 1 aliphatic rings. The van der Waals surface area contributed by atoms with E-state index in [0.29, 0.717) is 22.8 Å². The van der Waals surface area contributed by atoms with Crippen LogP contribution >= 0.6 is 38.6 Å². The van der Waals surface area contributed by atoms with Crippen LogP contribution in [0.15, 0.2) is 39.5 Å². The summed E-state index contributed by atoms with van der Waals surface area (Å²) in [5, 5.41) is 10.1. The molecule has 1 aromatic carbocycles. The molecule has 132 valence electrons. The van der Waals surface area contributed by atoms with Crippen molar-refractivity contribution in [2.24, 2.45) is 0 Å². The van der Waals surface area contributed by atoms with Gasteiger partial charge in [-0.05, 0) is 47.1 Å². The van der Waals surface area contributed by atoms with Gasteiger partial charge in [-0.15, -0.1) is 22.7 Å². The molecule has 0 radical (unpaired) electrons. The van der Waals surface area contributed by atoms with E-state index in [2.05, 4.69) is 31.5 Å². The molecule has 3 heterocycles. The maximum Gasteiger partial charge on any atom is 0.275 e. The van der Waals surface area contributed by atoms with Crippen LogP contribution in [0.3, 0.4) is 0 Å². The third-order valence-corrected chi connectivity index (χ3v) is 6.39. The molecule has 6 nitrogen and oxygen atoms in total. The molecule has 3 aromatic rings. The number of hydrogen-bond acceptors (Lipinski definition) is 6. The Morgan fingerprint density at radius 2 is 2.15 bits per heavy atom. The van der Waals surface area contributed by atoms with Gasteiger partial charge < -0.3 is 15.4 Å². The van der Waals surface area contributed by atoms with E-state index in [1.807, 2.05) is 11.4 Å². The number of benzene rings is 1. The minimum atomic E-state index is -0.534. The lowest BCUT2D eigenvalue weighted by molar-refractivity contribution is -0.122. The number of hydrogen-bond donors (Lipinski definition) is 2. The molecule has 1 aliphatic heterocycles. The molecule has 0 bridgehead atoms. The lowest BCUT2D eigenvalue weighted by Crippen LogP contribution is -2.34. The largest absolute Gasteiger partial charge is 0.479 e. The fourth-order valence-electron chi connectivity index (χ4n) is 2.40. The Morgan fingerprint density at radius 3 is 2.92 bits per heavy atom. The maximum absolute atomic E-state index is 12.5. The average Bonchev–Trinajstić information content (AvgIpc) is 3.25. The van der Waals surface area contributed by atoms with Crippen LogP contribution in [0.5, 0.6) is 5.75 Å². The molecule has 2 aromatic heterocycles. The van der Waals surface area contributed by atoms with Gasteiger partial charge in [0.25, 0.3) is 11.8 Å². The molecule has 0 fully saturated rings. The number of aromatic nitrogens is 1. The van der Waals surface area contributed by atoms with Gasteiger partial charge >= 0.3 is 0 Å². The van der Waals surface area contributed by atoms with Crippen LogP contribution < -0.4 is 15.4 Å². The van der Waals surface area contributed by atoms with Crippen LogP contribution in [0.2, 0.25) is 0 Å². The highest BCUT2D eigenvalue weighted by Gasteiger charge is 2.24. The summed E-state index contributed by atoms with van der Waals surface area (Å²) < 4.78 is 6.50. The summed E-state index contributed by atoms with van der Waals surface area (Å²) >= 11 is 6.40. The number of ether oxygens (including phenoxy) is 1. The number of halogens is 1. The molecule has 0 aliphatic carbocycles. The van der Waals surface area contributed by atoms with E-state index in [9.17, 15) is 9.59 Å². The summed E-state index contributed by atoms with van der Waals surface area (Å²) in [6, 6.07) is 7.08. The fraction of sp³-hybridized carbons (Fsp3) is 0.118. The first kappa shape index (κ1) is 17.2. The number of carbonyl (C=O) groups is 2. The fourth-order valence-corrected chi connectivity index (χ4v) is 4.71. The molecular weight excluding hydrogens is 438 g/mol. The summed E-state index contributed by atoms with van der Waals surface area (Å²) in [7, 11) is 0. The minimum absolute atomic E-state index is 0.216. The second kappa shape index (κ2) is 6.82. The standard InChI is InChI=1S/C17H12BrN3O3S2/c1-8-15(22)20-11-5-10(2-3-13(11)24-8)19-16(23)12-7-26-17(21-12)14-4-9(18)6-25-14/h2-8H,1H3,(H,19,23)(H,20,22). The van der Waals surface area contributed by atoms with Crippen molar-refractivity contribution in [3.63, 3.8) is 0 Å². The lowest BCUT2D eigenvalue weighted by atomic mass is 10.2. The number of anilines is 2. The zero-order valence-corrected chi connectivity index (χ0v) is 16.6. The third kappa shape index (κ3) is 3.37. The minimum Gasteiger partial charge on any atom is -0.479 e. The molecule has 4 rings (SSSR count). The number of nitrogens with one attached hydrogen (secondary N) is 2. The molecule has 26 heavy (non-hydrogen) atoms. The molecule has 1 atom stereocenters. The van der Waals surface area contributed by atoms with E-state index in [1.54, 1.807) is 41.8 Å². The number of fused-ring (bicyclic) bond motifs is 1. The van der Waals surface area contributed by atoms with E-state index in [-0.39, 0.29) is 11.8 Å². The Bertz CT molecular complexity index is 1010. The van der Waals surface area contributed by atoms with Gasteiger partial charge in [-0.3, -0.25) is 9.59 Å². The van der Waals surface area contributed by atoms with Crippen molar-refractivity contribution < 1.29 is 14.3 Å². The van der Waals surface area contributed by atoms with E-state index < -0.39 is 6.10 Å². The highest BCUT2D eigenvalue weighted by molar-refractivity contribution is 9.10. The van der Waals surface area contributed by atoms with Crippen molar-refractivity contribution in [1.29, 1.82) is 0 Å². The number of thiazole rings is 1. The van der Waals surface area contributed by atoms with Crippen LogP contribution in [0, 0.1) is 0 Å². The second-order valence-corrected chi connectivity index (χ2v) is 8.27. The molecule has 0 saturated heterocycles. The van der Waals surface area contributed by atoms with Crippen molar-refractivity contribution in [2.75, 3.05) is 10.6 Å². The van der Waals surface area contributed by atoms with E-state index in [4.69, 9.17) is 4.74 Å². The highest BCUT2D eigenvalue weighted by Crippen LogP contribution is 2.33. The first-order chi connectivity index (χ1) is 12.5. The highest BCUT2D eigenvalue weighted by atomic mass is 79.9. The molecule has 2 amide bonds. The van der Waals surface area contributed by atoms with E-state index in [1.165, 1.54) is 11.3 Å². The zero-order valence-electron chi connectivity index (χ0n) is 13.4. The van der Waals surface area contributed by atoms with Crippen molar-refractivity contribution >= 4 is 61.8 Å². The number of rotatable bonds is 3. The summed E-state index contributed by atoms with van der Waals surface area (Å²) in [6.07, 6.45) is -0.534. The molecule has 1 unspecified atom stereocenters. The van der Waals surface area contributed by atoms with Crippen LogP contribution in [-0.4, -0.2) is 22.9 Å². The Morgan fingerprint density at radius 1 is 1.31 bits per heavy atom. The van der Waals surface area contributed by atoms with Crippen molar-refractivity contribution in [3.8, 4) is 15.6 Å². The van der Waals surface area contributed by atoms with Gasteiger partial charge in [0, 0.05) is 20.9 Å². The number of amides is 2. The van der Waals surface area contributed by atoms with Crippen molar-refractivity contribution in [3.05, 3.63) is 45.2 Å². The summed E-state index contributed by atoms with van der Waals surface area (Å²) in [5.74, 6) is 0.0565. The number of carbonyl (C=O) groups excluding carboxylic acids is 2. The van der Waals surface area contributed by atoms with Crippen LogP contribution in [0.25, 0.3) is 9.88 Å². The predicted octanol–water partition coefficient (Wildman–Crippen LogP) is 4.61. The SMILES string of the molecule is CC1Oc2ccc(NC(=O)c3csc(-c4cc(Br)cs4)n3)cc2NC1=O. The van der Waals surface area contributed by atoms with Crippen LogP contribution in [0.4, 0.5) is 11.4 Å². The lowest BCUT2D eigenvalue weighted by Gasteiger charge is -2.23. The molecule has 2 N–H and O–H groups in total. The zero-order chi connectivity index (χ0) is 18.3. The smallest absolute Gasteiger partial charge is 0.275 e. The molecule has 0 saturated carbocycles. The quantitative estimate of drug-likeness (QED) is 0.611. The second-order valence-electron chi connectivity index (χ2n) is 5.58. The van der Waals surface area contributed by atoms with Gasteiger partial charge in [-0.2, -0.15) is 0 Å². The van der Waals surface area contributed by atoms with E-state index in [0.717, 1.165) is 14.4 Å². The third-order valence-electron chi connectivity index (χ3n) is 3.68. The van der Waals surface area contributed by atoms with Gasteiger partial charge in [0.05, 0.1) is 10.6 Å². The maximum atomic E-state index is 12.5. The van der Waals surface area contributed by atoms with Gasteiger partial charge in [0.1, 0.15) is 16.5 Å².